The number of benzene rings is 1. The zero-order valence-electron chi connectivity index (χ0n) is 10.9. The van der Waals surface area contributed by atoms with Crippen molar-refractivity contribution in [1.29, 1.82) is 0 Å². The molecule has 104 valence electrons. The highest BCUT2D eigenvalue weighted by Gasteiger charge is 2.08. The molecule has 0 fully saturated rings. The quantitative estimate of drug-likeness (QED) is 0.850. The van der Waals surface area contributed by atoms with Crippen molar-refractivity contribution >= 4 is 43.6 Å². The van der Waals surface area contributed by atoms with Crippen LogP contribution in [0.2, 0.25) is 0 Å². The van der Waals surface area contributed by atoms with Crippen LogP contribution in [0.4, 0.5) is 5.82 Å². The van der Waals surface area contributed by atoms with Gasteiger partial charge in [0.05, 0.1) is 6.20 Å². The number of halogens is 2. The zero-order valence-corrected chi connectivity index (χ0v) is 14.0. The molecule has 0 saturated carbocycles. The number of hydrogen-bond acceptors (Lipinski definition) is 3. The predicted molar refractivity (Wildman–Crippen MR) is 85.6 cm³/mol. The second-order valence-electron chi connectivity index (χ2n) is 4.37. The monoisotopic (exact) mass is 397 g/mol. The van der Waals surface area contributed by atoms with Gasteiger partial charge in [-0.25, -0.2) is 9.97 Å². The number of aryl methyl sites for hydroxylation is 2. The van der Waals surface area contributed by atoms with E-state index in [9.17, 15) is 4.79 Å². The summed E-state index contributed by atoms with van der Waals surface area (Å²) in [6.45, 7) is 2.04. The van der Waals surface area contributed by atoms with Crippen LogP contribution < -0.4 is 5.32 Å². The second kappa shape index (κ2) is 6.95. The SMILES string of the molecule is Cc1ccc(CCC(=O)Nc2ncc(Br)nc2Br)cc1. The molecule has 0 spiro atoms. The molecule has 0 aliphatic heterocycles. The molecule has 1 amide bonds. The summed E-state index contributed by atoms with van der Waals surface area (Å²) in [5.41, 5.74) is 2.36. The fourth-order valence-corrected chi connectivity index (χ4v) is 2.55. The van der Waals surface area contributed by atoms with Gasteiger partial charge in [-0.15, -0.1) is 0 Å². The van der Waals surface area contributed by atoms with Crippen molar-refractivity contribution in [3.63, 3.8) is 0 Å². The van der Waals surface area contributed by atoms with Crippen LogP contribution in [0.3, 0.4) is 0 Å². The fourth-order valence-electron chi connectivity index (χ4n) is 1.64. The lowest BCUT2D eigenvalue weighted by Gasteiger charge is -2.06. The molecule has 1 aromatic heterocycles. The Bertz CT molecular complexity index is 614. The van der Waals surface area contributed by atoms with E-state index in [0.29, 0.717) is 27.9 Å². The number of anilines is 1. The van der Waals surface area contributed by atoms with Gasteiger partial charge in [0, 0.05) is 6.42 Å². The van der Waals surface area contributed by atoms with Crippen molar-refractivity contribution in [1.82, 2.24) is 9.97 Å². The van der Waals surface area contributed by atoms with Gasteiger partial charge in [-0.05, 0) is 50.8 Å². The van der Waals surface area contributed by atoms with Crippen molar-refractivity contribution in [3.8, 4) is 0 Å². The van der Waals surface area contributed by atoms with Crippen LogP contribution in [0.25, 0.3) is 0 Å². The van der Waals surface area contributed by atoms with Gasteiger partial charge in [0.1, 0.15) is 9.21 Å². The highest BCUT2D eigenvalue weighted by Crippen LogP contribution is 2.19. The molecule has 2 aromatic rings. The van der Waals surface area contributed by atoms with E-state index in [4.69, 9.17) is 0 Å². The van der Waals surface area contributed by atoms with E-state index in [2.05, 4.69) is 47.1 Å². The van der Waals surface area contributed by atoms with Crippen LogP contribution >= 0.6 is 31.9 Å². The number of nitrogens with zero attached hydrogens (tertiary/aromatic N) is 2. The van der Waals surface area contributed by atoms with Gasteiger partial charge in [-0.1, -0.05) is 29.8 Å². The Morgan fingerprint density at radius 3 is 2.60 bits per heavy atom. The maximum Gasteiger partial charge on any atom is 0.225 e. The molecule has 0 unspecified atom stereocenters. The molecule has 20 heavy (non-hydrogen) atoms. The van der Waals surface area contributed by atoms with Gasteiger partial charge < -0.3 is 5.32 Å². The van der Waals surface area contributed by atoms with E-state index in [1.807, 2.05) is 31.2 Å². The minimum Gasteiger partial charge on any atom is -0.308 e. The highest BCUT2D eigenvalue weighted by molar-refractivity contribution is 9.11. The molecule has 0 bridgehead atoms. The minimum absolute atomic E-state index is 0.0807. The Balaban J connectivity index is 1.90. The molecule has 0 atom stereocenters. The summed E-state index contributed by atoms with van der Waals surface area (Å²) < 4.78 is 1.12. The molecule has 0 aliphatic rings. The Morgan fingerprint density at radius 2 is 1.95 bits per heavy atom. The summed E-state index contributed by atoms with van der Waals surface area (Å²) in [5.74, 6) is 0.352. The molecular formula is C14H13Br2N3O. The molecule has 1 N–H and O–H groups in total. The van der Waals surface area contributed by atoms with E-state index in [1.165, 1.54) is 5.56 Å². The minimum atomic E-state index is -0.0807. The van der Waals surface area contributed by atoms with Crippen LogP contribution in [-0.2, 0) is 11.2 Å². The highest BCUT2D eigenvalue weighted by atomic mass is 79.9. The van der Waals surface area contributed by atoms with E-state index < -0.39 is 0 Å². The molecular weight excluding hydrogens is 386 g/mol. The molecule has 1 heterocycles. The van der Waals surface area contributed by atoms with E-state index in [1.54, 1.807) is 6.20 Å². The van der Waals surface area contributed by atoms with Crippen molar-refractivity contribution in [2.75, 3.05) is 5.32 Å². The molecule has 4 nitrogen and oxygen atoms in total. The number of hydrogen-bond donors (Lipinski definition) is 1. The van der Waals surface area contributed by atoms with Crippen LogP contribution in [0.1, 0.15) is 17.5 Å². The van der Waals surface area contributed by atoms with Gasteiger partial charge in [-0.2, -0.15) is 0 Å². The third-order valence-corrected chi connectivity index (χ3v) is 3.65. The molecule has 2 rings (SSSR count). The van der Waals surface area contributed by atoms with Gasteiger partial charge in [0.15, 0.2) is 5.82 Å². The average molecular weight is 399 g/mol. The number of nitrogens with one attached hydrogen (secondary N) is 1. The second-order valence-corrected chi connectivity index (χ2v) is 5.93. The molecule has 1 aromatic carbocycles. The first-order valence-electron chi connectivity index (χ1n) is 6.08. The summed E-state index contributed by atoms with van der Waals surface area (Å²) >= 11 is 6.47. The number of amides is 1. The summed E-state index contributed by atoms with van der Waals surface area (Å²) in [6.07, 6.45) is 2.65. The lowest BCUT2D eigenvalue weighted by molar-refractivity contribution is -0.116. The topological polar surface area (TPSA) is 54.9 Å². The standard InChI is InChI=1S/C14H13Br2N3O/c1-9-2-4-10(5-3-9)6-7-12(20)19-14-13(16)18-11(15)8-17-14/h2-5,8H,6-7H2,1H3,(H,17,19,20). The van der Waals surface area contributed by atoms with Crippen LogP contribution in [-0.4, -0.2) is 15.9 Å². The van der Waals surface area contributed by atoms with Crippen molar-refractivity contribution in [2.24, 2.45) is 0 Å². The average Bonchev–Trinajstić information content (AvgIpc) is 2.41. The van der Waals surface area contributed by atoms with Crippen LogP contribution in [0.5, 0.6) is 0 Å². The normalized spacial score (nSPS) is 10.3. The third-order valence-electron chi connectivity index (χ3n) is 2.72. The molecule has 6 heteroatoms. The largest absolute Gasteiger partial charge is 0.308 e. The van der Waals surface area contributed by atoms with Crippen LogP contribution in [0, 0.1) is 6.92 Å². The lowest BCUT2D eigenvalue weighted by atomic mass is 10.1. The maximum atomic E-state index is 11.9. The smallest absolute Gasteiger partial charge is 0.225 e. The number of aromatic nitrogens is 2. The first kappa shape index (κ1) is 15.1. The Morgan fingerprint density at radius 1 is 1.25 bits per heavy atom. The summed E-state index contributed by atoms with van der Waals surface area (Å²) in [6, 6.07) is 8.17. The Kier molecular flexibility index (Phi) is 5.25. The summed E-state index contributed by atoms with van der Waals surface area (Å²) in [7, 11) is 0. The number of carbonyl (C=O) groups excluding carboxylic acids is 1. The van der Waals surface area contributed by atoms with Gasteiger partial charge in [0.2, 0.25) is 5.91 Å². The fraction of sp³-hybridized carbons (Fsp3) is 0.214. The van der Waals surface area contributed by atoms with Crippen molar-refractivity contribution < 1.29 is 4.79 Å². The lowest BCUT2D eigenvalue weighted by Crippen LogP contribution is -2.14. The first-order chi connectivity index (χ1) is 9.54. The summed E-state index contributed by atoms with van der Waals surface area (Å²) in [4.78, 5) is 20.1. The molecule has 0 aliphatic carbocycles. The van der Waals surface area contributed by atoms with E-state index in [-0.39, 0.29) is 5.91 Å². The van der Waals surface area contributed by atoms with Gasteiger partial charge in [0.25, 0.3) is 0 Å². The van der Waals surface area contributed by atoms with E-state index >= 15 is 0 Å². The van der Waals surface area contributed by atoms with Crippen molar-refractivity contribution in [3.05, 3.63) is 50.8 Å². The number of carbonyl (C=O) groups is 1. The van der Waals surface area contributed by atoms with Gasteiger partial charge in [-0.3, -0.25) is 4.79 Å². The molecule has 0 radical (unpaired) electrons. The first-order valence-corrected chi connectivity index (χ1v) is 7.66. The zero-order chi connectivity index (χ0) is 14.5. The Labute approximate surface area is 134 Å². The molecule has 0 saturated heterocycles. The predicted octanol–water partition coefficient (Wildman–Crippen LogP) is 3.88. The third kappa shape index (κ3) is 4.38. The number of rotatable bonds is 4. The van der Waals surface area contributed by atoms with Gasteiger partial charge >= 0.3 is 0 Å². The van der Waals surface area contributed by atoms with Crippen molar-refractivity contribution in [2.45, 2.75) is 19.8 Å². The summed E-state index contributed by atoms with van der Waals surface area (Å²) in [5, 5.41) is 2.74. The Hall–Kier alpha value is -1.27. The maximum absolute atomic E-state index is 11.9. The van der Waals surface area contributed by atoms with Crippen LogP contribution in [0.15, 0.2) is 39.7 Å². The van der Waals surface area contributed by atoms with E-state index in [0.717, 1.165) is 5.56 Å².